The van der Waals surface area contributed by atoms with Gasteiger partial charge >= 0.3 is 5.97 Å². The highest BCUT2D eigenvalue weighted by Gasteiger charge is 2.35. The first kappa shape index (κ1) is 14.4. The number of nitrogens with one attached hydrogen (secondary N) is 1. The van der Waals surface area contributed by atoms with E-state index in [4.69, 9.17) is 5.11 Å². The van der Waals surface area contributed by atoms with Crippen molar-refractivity contribution in [3.8, 4) is 0 Å². The van der Waals surface area contributed by atoms with Crippen LogP contribution in [-0.4, -0.2) is 23.0 Å². The van der Waals surface area contributed by atoms with Gasteiger partial charge in [-0.2, -0.15) is 0 Å². The van der Waals surface area contributed by atoms with Gasteiger partial charge in [0.2, 0.25) is 5.91 Å². The minimum atomic E-state index is -0.751. The van der Waals surface area contributed by atoms with E-state index >= 15 is 0 Å². The Balaban J connectivity index is 1.85. The molecule has 2 fully saturated rings. The van der Waals surface area contributed by atoms with Gasteiger partial charge in [-0.05, 0) is 38.0 Å². The summed E-state index contributed by atoms with van der Waals surface area (Å²) >= 11 is 0. The van der Waals surface area contributed by atoms with Crippen molar-refractivity contribution in [3.63, 3.8) is 0 Å². The van der Waals surface area contributed by atoms with Gasteiger partial charge in [0.15, 0.2) is 0 Å². The Kier molecular flexibility index (Phi) is 4.83. The Bertz CT molecular complexity index is 342. The molecule has 2 saturated carbocycles. The van der Waals surface area contributed by atoms with Crippen LogP contribution in [-0.2, 0) is 9.59 Å². The Labute approximate surface area is 115 Å². The minimum absolute atomic E-state index is 0.0828. The molecule has 0 saturated heterocycles. The molecule has 0 aliphatic heterocycles. The molecule has 0 aromatic heterocycles. The summed E-state index contributed by atoms with van der Waals surface area (Å²) in [5.41, 5.74) is 0. The molecule has 0 aromatic carbocycles. The molecule has 4 nitrogen and oxygen atoms in total. The van der Waals surface area contributed by atoms with Crippen molar-refractivity contribution < 1.29 is 14.7 Å². The smallest absolute Gasteiger partial charge is 0.306 e. The van der Waals surface area contributed by atoms with Crippen LogP contribution >= 0.6 is 0 Å². The van der Waals surface area contributed by atoms with Crippen molar-refractivity contribution in [2.45, 2.75) is 64.3 Å². The Morgan fingerprint density at radius 1 is 1.11 bits per heavy atom. The zero-order valence-electron chi connectivity index (χ0n) is 11.7. The molecule has 19 heavy (non-hydrogen) atoms. The number of carboxylic acid groups (broad SMARTS) is 1. The van der Waals surface area contributed by atoms with Crippen molar-refractivity contribution in [1.29, 1.82) is 0 Å². The van der Waals surface area contributed by atoms with Crippen molar-refractivity contribution >= 4 is 11.9 Å². The van der Waals surface area contributed by atoms with Crippen LogP contribution < -0.4 is 5.32 Å². The predicted octanol–water partition coefficient (Wildman–Crippen LogP) is 2.57. The lowest BCUT2D eigenvalue weighted by atomic mass is 9.82. The molecule has 0 spiro atoms. The average molecular weight is 267 g/mol. The van der Waals surface area contributed by atoms with E-state index in [1.165, 1.54) is 19.3 Å². The lowest BCUT2D eigenvalue weighted by Crippen LogP contribution is -2.44. The number of carbonyl (C=O) groups is 2. The summed E-state index contributed by atoms with van der Waals surface area (Å²) in [7, 11) is 0. The fourth-order valence-electron chi connectivity index (χ4n) is 3.63. The van der Waals surface area contributed by atoms with Crippen LogP contribution in [0.4, 0.5) is 0 Å². The second kappa shape index (κ2) is 6.40. The lowest BCUT2D eigenvalue weighted by Gasteiger charge is -2.32. The third kappa shape index (κ3) is 3.48. The highest BCUT2D eigenvalue weighted by atomic mass is 16.4. The van der Waals surface area contributed by atoms with Crippen molar-refractivity contribution in [1.82, 2.24) is 5.32 Å². The fourth-order valence-corrected chi connectivity index (χ4v) is 3.63. The molecular weight excluding hydrogens is 242 g/mol. The highest BCUT2D eigenvalue weighted by Crippen LogP contribution is 2.32. The molecule has 2 aliphatic rings. The number of carboxylic acids is 1. The zero-order valence-corrected chi connectivity index (χ0v) is 11.7. The van der Waals surface area contributed by atoms with E-state index in [-0.39, 0.29) is 17.7 Å². The number of hydrogen-bond donors (Lipinski definition) is 2. The first-order valence-corrected chi connectivity index (χ1v) is 7.65. The van der Waals surface area contributed by atoms with Gasteiger partial charge in [-0.25, -0.2) is 0 Å². The summed E-state index contributed by atoms with van der Waals surface area (Å²) in [6.07, 6.45) is 7.78. The standard InChI is InChI=1S/C15H25NO3/c1-2-10-5-3-4-6-13(10)16-14(17)11-7-8-12(9-11)15(18)19/h10-13H,2-9H2,1H3,(H,16,17)(H,18,19). The molecule has 0 heterocycles. The molecule has 0 radical (unpaired) electrons. The van der Waals surface area contributed by atoms with Crippen LogP contribution in [0.5, 0.6) is 0 Å². The fraction of sp³-hybridized carbons (Fsp3) is 0.867. The summed E-state index contributed by atoms with van der Waals surface area (Å²) in [5, 5.41) is 12.2. The first-order valence-electron chi connectivity index (χ1n) is 7.65. The Morgan fingerprint density at radius 3 is 2.42 bits per heavy atom. The van der Waals surface area contributed by atoms with E-state index in [9.17, 15) is 9.59 Å². The summed E-state index contributed by atoms with van der Waals surface area (Å²) in [4.78, 5) is 23.2. The third-order valence-corrected chi connectivity index (χ3v) is 4.91. The van der Waals surface area contributed by atoms with Crippen LogP contribution in [0.15, 0.2) is 0 Å². The van der Waals surface area contributed by atoms with E-state index in [0.717, 1.165) is 19.3 Å². The van der Waals surface area contributed by atoms with Gasteiger partial charge < -0.3 is 10.4 Å². The molecule has 0 bridgehead atoms. The molecule has 4 unspecified atom stereocenters. The van der Waals surface area contributed by atoms with Crippen molar-refractivity contribution in [2.75, 3.05) is 0 Å². The van der Waals surface area contributed by atoms with Crippen LogP contribution in [0.3, 0.4) is 0 Å². The molecule has 108 valence electrons. The van der Waals surface area contributed by atoms with Crippen LogP contribution in [0, 0.1) is 17.8 Å². The van der Waals surface area contributed by atoms with Crippen LogP contribution in [0.2, 0.25) is 0 Å². The summed E-state index contributed by atoms with van der Waals surface area (Å²) < 4.78 is 0. The second-order valence-electron chi connectivity index (χ2n) is 6.11. The Morgan fingerprint density at radius 2 is 1.79 bits per heavy atom. The number of rotatable bonds is 4. The monoisotopic (exact) mass is 267 g/mol. The van der Waals surface area contributed by atoms with Gasteiger partial charge in [0.05, 0.1) is 5.92 Å². The van der Waals surface area contributed by atoms with Gasteiger partial charge in [-0.15, -0.1) is 0 Å². The van der Waals surface area contributed by atoms with Gasteiger partial charge in [0.25, 0.3) is 0 Å². The van der Waals surface area contributed by atoms with Gasteiger partial charge in [-0.3, -0.25) is 9.59 Å². The molecule has 0 aromatic rings. The van der Waals surface area contributed by atoms with Crippen molar-refractivity contribution in [2.24, 2.45) is 17.8 Å². The summed E-state index contributed by atoms with van der Waals surface area (Å²) in [6, 6.07) is 0.315. The van der Waals surface area contributed by atoms with E-state index < -0.39 is 5.97 Å². The number of aliphatic carboxylic acids is 1. The molecule has 2 rings (SSSR count). The summed E-state index contributed by atoms with van der Waals surface area (Å²) in [6.45, 7) is 2.19. The van der Waals surface area contributed by atoms with Crippen LogP contribution in [0.1, 0.15) is 58.3 Å². The van der Waals surface area contributed by atoms with Gasteiger partial charge in [-0.1, -0.05) is 26.2 Å². The quantitative estimate of drug-likeness (QED) is 0.822. The topological polar surface area (TPSA) is 66.4 Å². The van der Waals surface area contributed by atoms with E-state index in [2.05, 4.69) is 12.2 Å². The first-order chi connectivity index (χ1) is 9.11. The predicted molar refractivity (Wildman–Crippen MR) is 72.6 cm³/mol. The second-order valence-corrected chi connectivity index (χ2v) is 6.11. The van der Waals surface area contributed by atoms with E-state index in [1.54, 1.807) is 0 Å². The maximum absolute atomic E-state index is 12.2. The number of hydrogen-bond acceptors (Lipinski definition) is 2. The van der Waals surface area contributed by atoms with Crippen LogP contribution in [0.25, 0.3) is 0 Å². The van der Waals surface area contributed by atoms with E-state index in [0.29, 0.717) is 24.8 Å². The van der Waals surface area contributed by atoms with Gasteiger partial charge in [0.1, 0.15) is 0 Å². The van der Waals surface area contributed by atoms with E-state index in [1.807, 2.05) is 0 Å². The van der Waals surface area contributed by atoms with Crippen molar-refractivity contribution in [3.05, 3.63) is 0 Å². The molecule has 4 atom stereocenters. The largest absolute Gasteiger partial charge is 0.481 e. The minimum Gasteiger partial charge on any atom is -0.481 e. The molecule has 1 amide bonds. The lowest BCUT2D eigenvalue weighted by molar-refractivity contribution is -0.141. The maximum atomic E-state index is 12.2. The maximum Gasteiger partial charge on any atom is 0.306 e. The molecule has 2 aliphatic carbocycles. The van der Waals surface area contributed by atoms with Gasteiger partial charge in [0, 0.05) is 12.0 Å². The zero-order chi connectivity index (χ0) is 13.8. The highest BCUT2D eigenvalue weighted by molar-refractivity contribution is 5.81. The third-order valence-electron chi connectivity index (χ3n) is 4.91. The number of carbonyl (C=O) groups excluding carboxylic acids is 1. The number of amides is 1. The normalized spacial score (nSPS) is 35.0. The SMILES string of the molecule is CCC1CCCCC1NC(=O)C1CCC(C(=O)O)C1. The molecule has 4 heteroatoms. The summed E-state index contributed by atoms with van der Waals surface area (Å²) in [5.74, 6) is -0.451. The Hall–Kier alpha value is -1.06. The molecular formula is C15H25NO3. The average Bonchev–Trinajstić information content (AvgIpc) is 2.89. The molecule has 2 N–H and O–H groups in total.